The minimum absolute atomic E-state index is 0.399. The third kappa shape index (κ3) is 2.73. The first kappa shape index (κ1) is 15.6. The number of nitrogens with one attached hydrogen (secondary N) is 1. The highest BCUT2D eigenvalue weighted by Crippen LogP contribution is 2.28. The van der Waals surface area contributed by atoms with E-state index >= 15 is 0 Å². The molecule has 0 fully saturated rings. The fraction of sp³-hybridized carbons (Fsp3) is 0.316. The predicted octanol–water partition coefficient (Wildman–Crippen LogP) is 2.89. The number of aryl methyl sites for hydroxylation is 2. The number of carbonyl (C=O) groups excluding carboxylic acids is 1. The van der Waals surface area contributed by atoms with E-state index in [1.807, 2.05) is 42.2 Å². The summed E-state index contributed by atoms with van der Waals surface area (Å²) in [5.41, 5.74) is 5.11. The first-order valence-electron chi connectivity index (χ1n) is 8.46. The van der Waals surface area contributed by atoms with Crippen molar-refractivity contribution < 1.29 is 9.53 Å². The van der Waals surface area contributed by atoms with Gasteiger partial charge in [-0.1, -0.05) is 0 Å². The van der Waals surface area contributed by atoms with Gasteiger partial charge >= 0.3 is 5.97 Å². The maximum absolute atomic E-state index is 12.4. The van der Waals surface area contributed by atoms with Crippen LogP contribution in [0.5, 0.6) is 0 Å². The summed E-state index contributed by atoms with van der Waals surface area (Å²) in [5, 5.41) is 5.62. The van der Waals surface area contributed by atoms with Crippen LogP contribution in [0.1, 0.15) is 35.5 Å². The summed E-state index contributed by atoms with van der Waals surface area (Å²) in [6.07, 6.45) is 8.01. The molecule has 1 aliphatic rings. The summed E-state index contributed by atoms with van der Waals surface area (Å²) in [5.74, 6) is -0.399. The topological polar surface area (TPSA) is 72.8 Å². The highest BCUT2D eigenvalue weighted by molar-refractivity contribution is 6.21. The van der Waals surface area contributed by atoms with E-state index in [9.17, 15) is 4.79 Å². The van der Waals surface area contributed by atoms with Crippen molar-refractivity contribution in [3.8, 4) is 0 Å². The summed E-state index contributed by atoms with van der Waals surface area (Å²) in [6.45, 7) is 0. The minimum Gasteiger partial charge on any atom is -0.465 e. The molecule has 0 unspecified atom stereocenters. The Balaban J connectivity index is 1.86. The van der Waals surface area contributed by atoms with E-state index < -0.39 is 5.97 Å². The quantitative estimate of drug-likeness (QED) is 0.590. The van der Waals surface area contributed by atoms with Crippen molar-refractivity contribution in [1.82, 2.24) is 19.7 Å². The maximum atomic E-state index is 12.4. The molecular formula is C19H20N4O2. The molecule has 4 rings (SSSR count). The molecule has 3 heterocycles. The Bertz CT molecular complexity index is 981. The molecule has 1 N–H and O–H groups in total. The molecule has 3 aromatic rings. The lowest BCUT2D eigenvalue weighted by Crippen LogP contribution is -2.07. The number of aromatic amines is 1. The molecule has 6 nitrogen and oxygen atoms in total. The number of nitrogens with zero attached hydrogens (tertiary/aromatic N) is 3. The Morgan fingerprint density at radius 2 is 2.12 bits per heavy atom. The highest BCUT2D eigenvalue weighted by Gasteiger charge is 2.21. The SMILES string of the molecule is COC(=O)/C(=C\c1c2c(nn1C)CCCC2)c1ccc2cc[nH]c2n1. The van der Waals surface area contributed by atoms with Crippen LogP contribution >= 0.6 is 0 Å². The summed E-state index contributed by atoms with van der Waals surface area (Å²) in [4.78, 5) is 20.1. The summed E-state index contributed by atoms with van der Waals surface area (Å²) >= 11 is 0. The molecule has 0 spiro atoms. The van der Waals surface area contributed by atoms with E-state index in [1.165, 1.54) is 19.1 Å². The van der Waals surface area contributed by atoms with Crippen molar-refractivity contribution in [1.29, 1.82) is 0 Å². The average Bonchev–Trinajstić information content (AvgIpc) is 3.22. The first-order valence-corrected chi connectivity index (χ1v) is 8.46. The molecule has 128 valence electrons. The second-order valence-electron chi connectivity index (χ2n) is 6.30. The van der Waals surface area contributed by atoms with Gasteiger partial charge in [0.15, 0.2) is 0 Å². The standard InChI is InChI=1S/C19H20N4O2/c1-23-17(13-5-3-4-6-16(13)22-23)11-14(19(24)25-2)15-8-7-12-9-10-20-18(12)21-15/h7-11H,3-6H2,1-2H3,(H,20,21)/b14-11-. The molecule has 0 saturated carbocycles. The van der Waals surface area contributed by atoms with Crippen LogP contribution in [-0.2, 0) is 29.4 Å². The molecule has 0 aromatic carbocycles. The third-order valence-electron chi connectivity index (χ3n) is 4.74. The Labute approximate surface area is 145 Å². The van der Waals surface area contributed by atoms with Gasteiger partial charge < -0.3 is 9.72 Å². The zero-order valence-electron chi connectivity index (χ0n) is 14.4. The summed E-state index contributed by atoms with van der Waals surface area (Å²) in [7, 11) is 3.31. The number of pyridine rings is 1. The Morgan fingerprint density at radius 3 is 2.96 bits per heavy atom. The second-order valence-corrected chi connectivity index (χ2v) is 6.30. The van der Waals surface area contributed by atoms with Gasteiger partial charge in [-0.15, -0.1) is 0 Å². The lowest BCUT2D eigenvalue weighted by atomic mass is 9.95. The smallest absolute Gasteiger partial charge is 0.340 e. The van der Waals surface area contributed by atoms with E-state index in [0.29, 0.717) is 11.3 Å². The molecule has 0 saturated heterocycles. The number of hydrogen-bond acceptors (Lipinski definition) is 4. The number of methoxy groups -OCH3 is 1. The van der Waals surface area contributed by atoms with E-state index in [4.69, 9.17) is 4.74 Å². The molecule has 6 heteroatoms. The van der Waals surface area contributed by atoms with Gasteiger partial charge in [0.2, 0.25) is 0 Å². The van der Waals surface area contributed by atoms with Gasteiger partial charge in [0.1, 0.15) is 5.65 Å². The summed E-state index contributed by atoms with van der Waals surface area (Å²) in [6, 6.07) is 5.75. The molecule has 0 aliphatic heterocycles. The molecule has 0 atom stereocenters. The van der Waals surface area contributed by atoms with Crippen molar-refractivity contribution in [2.45, 2.75) is 25.7 Å². The minimum atomic E-state index is -0.399. The van der Waals surface area contributed by atoms with Crippen molar-refractivity contribution in [3.05, 3.63) is 47.0 Å². The number of rotatable bonds is 3. The predicted molar refractivity (Wildman–Crippen MR) is 95.8 cm³/mol. The van der Waals surface area contributed by atoms with Gasteiger partial charge in [-0.2, -0.15) is 5.10 Å². The van der Waals surface area contributed by atoms with Crippen LogP contribution < -0.4 is 0 Å². The van der Waals surface area contributed by atoms with Crippen LogP contribution in [0.15, 0.2) is 24.4 Å². The van der Waals surface area contributed by atoms with Crippen molar-refractivity contribution in [2.75, 3.05) is 7.11 Å². The van der Waals surface area contributed by atoms with Crippen LogP contribution in [0.2, 0.25) is 0 Å². The lowest BCUT2D eigenvalue weighted by Gasteiger charge is -2.11. The van der Waals surface area contributed by atoms with E-state index in [-0.39, 0.29) is 0 Å². The molecular weight excluding hydrogens is 316 g/mol. The largest absolute Gasteiger partial charge is 0.465 e. The van der Waals surface area contributed by atoms with Crippen LogP contribution in [0.3, 0.4) is 0 Å². The number of carbonyl (C=O) groups is 1. The number of hydrogen-bond donors (Lipinski definition) is 1. The van der Waals surface area contributed by atoms with Gasteiger partial charge in [-0.3, -0.25) is 4.68 Å². The monoisotopic (exact) mass is 336 g/mol. The molecule has 0 amide bonds. The first-order chi connectivity index (χ1) is 12.2. The Morgan fingerprint density at radius 1 is 1.28 bits per heavy atom. The van der Waals surface area contributed by atoms with Crippen LogP contribution in [0, 0.1) is 0 Å². The second kappa shape index (κ2) is 6.20. The number of aromatic nitrogens is 4. The van der Waals surface area contributed by atoms with Crippen LogP contribution in [0.25, 0.3) is 22.7 Å². The van der Waals surface area contributed by atoms with E-state index in [0.717, 1.165) is 41.7 Å². The molecule has 0 radical (unpaired) electrons. The fourth-order valence-electron chi connectivity index (χ4n) is 3.45. The normalized spacial score (nSPS) is 14.6. The van der Waals surface area contributed by atoms with E-state index in [2.05, 4.69) is 15.1 Å². The maximum Gasteiger partial charge on any atom is 0.340 e. The molecule has 25 heavy (non-hydrogen) atoms. The lowest BCUT2D eigenvalue weighted by molar-refractivity contribution is -0.133. The van der Waals surface area contributed by atoms with Crippen molar-refractivity contribution in [3.63, 3.8) is 0 Å². The van der Waals surface area contributed by atoms with Crippen LogP contribution in [0.4, 0.5) is 0 Å². The average molecular weight is 336 g/mol. The van der Waals surface area contributed by atoms with E-state index in [1.54, 1.807) is 0 Å². The van der Waals surface area contributed by atoms with Gasteiger partial charge in [-0.05, 0) is 50.0 Å². The van der Waals surface area contributed by atoms with Crippen molar-refractivity contribution >= 4 is 28.7 Å². The zero-order valence-corrected chi connectivity index (χ0v) is 14.4. The highest BCUT2D eigenvalue weighted by atomic mass is 16.5. The Hall–Kier alpha value is -2.89. The molecule has 0 bridgehead atoms. The zero-order chi connectivity index (χ0) is 17.4. The number of ether oxygens (including phenoxy) is 1. The van der Waals surface area contributed by atoms with Gasteiger partial charge in [0.05, 0.1) is 29.8 Å². The number of esters is 1. The summed E-state index contributed by atoms with van der Waals surface area (Å²) < 4.78 is 6.86. The Kier molecular flexibility index (Phi) is 3.87. The van der Waals surface area contributed by atoms with Crippen LogP contribution in [-0.4, -0.2) is 32.8 Å². The van der Waals surface area contributed by atoms with Gasteiger partial charge in [0.25, 0.3) is 0 Å². The van der Waals surface area contributed by atoms with Gasteiger partial charge in [0, 0.05) is 24.2 Å². The van der Waals surface area contributed by atoms with Gasteiger partial charge in [-0.25, -0.2) is 9.78 Å². The molecule has 3 aromatic heterocycles. The third-order valence-corrected chi connectivity index (χ3v) is 4.74. The fourth-order valence-corrected chi connectivity index (χ4v) is 3.45. The number of H-pyrrole nitrogens is 1. The van der Waals surface area contributed by atoms with Crippen molar-refractivity contribution in [2.24, 2.45) is 7.05 Å². The molecule has 1 aliphatic carbocycles. The number of fused-ring (bicyclic) bond motifs is 2.